The van der Waals surface area contributed by atoms with Crippen molar-refractivity contribution < 1.29 is 13.9 Å². The van der Waals surface area contributed by atoms with Gasteiger partial charge in [-0.3, -0.25) is 4.98 Å². The number of ether oxygens (including phenoxy) is 1. The normalized spacial score (nSPS) is 24.5. The Labute approximate surface area is 129 Å². The summed E-state index contributed by atoms with van der Waals surface area (Å²) >= 11 is 3.35. The number of benzene rings is 1. The van der Waals surface area contributed by atoms with E-state index >= 15 is 0 Å². The third kappa shape index (κ3) is 2.40. The molecule has 2 atom stereocenters. The van der Waals surface area contributed by atoms with Gasteiger partial charge in [0.05, 0.1) is 0 Å². The average Bonchev–Trinajstić information content (AvgIpc) is 2.76. The number of hydrogen-bond donors (Lipinski definition) is 1. The van der Waals surface area contributed by atoms with Gasteiger partial charge in [0.1, 0.15) is 11.4 Å². The molecule has 1 aromatic carbocycles. The van der Waals surface area contributed by atoms with Crippen molar-refractivity contribution in [3.05, 3.63) is 64.1 Å². The van der Waals surface area contributed by atoms with Crippen LogP contribution in [0.4, 0.5) is 9.18 Å². The topological polar surface area (TPSA) is 51.2 Å². The lowest BCUT2D eigenvalue weighted by molar-refractivity contribution is 0.110. The van der Waals surface area contributed by atoms with Gasteiger partial charge in [-0.25, -0.2) is 9.18 Å². The molecule has 1 fully saturated rings. The smallest absolute Gasteiger partial charge is 0.408 e. The minimum absolute atomic E-state index is 0.332. The Hall–Kier alpha value is -1.95. The Morgan fingerprint density at radius 2 is 2.14 bits per heavy atom. The predicted molar refractivity (Wildman–Crippen MR) is 78.0 cm³/mol. The van der Waals surface area contributed by atoms with Crippen molar-refractivity contribution in [2.45, 2.75) is 18.6 Å². The van der Waals surface area contributed by atoms with Crippen molar-refractivity contribution in [3.8, 4) is 0 Å². The van der Waals surface area contributed by atoms with Crippen molar-refractivity contribution in [2.24, 2.45) is 0 Å². The molecule has 1 aliphatic heterocycles. The summed E-state index contributed by atoms with van der Waals surface area (Å²) in [6.45, 7) is 1.79. The second kappa shape index (κ2) is 5.11. The Morgan fingerprint density at radius 1 is 1.38 bits per heavy atom. The highest BCUT2D eigenvalue weighted by molar-refractivity contribution is 9.10. The van der Waals surface area contributed by atoms with Crippen LogP contribution in [-0.2, 0) is 10.3 Å². The highest BCUT2D eigenvalue weighted by Gasteiger charge is 2.48. The van der Waals surface area contributed by atoms with Gasteiger partial charge in [0.2, 0.25) is 0 Å². The van der Waals surface area contributed by atoms with E-state index in [4.69, 9.17) is 4.74 Å². The summed E-state index contributed by atoms with van der Waals surface area (Å²) in [7, 11) is 0. The molecule has 1 saturated heterocycles. The molecule has 0 spiro atoms. The Bertz CT molecular complexity index is 710. The van der Waals surface area contributed by atoms with Crippen LogP contribution in [0, 0.1) is 5.82 Å². The second-order valence-corrected chi connectivity index (χ2v) is 5.94. The highest BCUT2D eigenvalue weighted by atomic mass is 79.9. The first-order chi connectivity index (χ1) is 10.0. The number of carbonyl (C=O) groups excluding carboxylic acids is 1. The van der Waals surface area contributed by atoms with Crippen molar-refractivity contribution in [2.75, 3.05) is 0 Å². The number of carbonyl (C=O) groups is 1. The van der Waals surface area contributed by atoms with Gasteiger partial charge in [0, 0.05) is 28.0 Å². The Morgan fingerprint density at radius 3 is 2.86 bits per heavy atom. The fraction of sp³-hybridized carbons (Fsp3) is 0.200. The third-order valence-electron chi connectivity index (χ3n) is 3.60. The summed E-state index contributed by atoms with van der Waals surface area (Å²) in [4.78, 5) is 15.8. The second-order valence-electron chi connectivity index (χ2n) is 5.03. The first-order valence-corrected chi connectivity index (χ1v) is 7.14. The van der Waals surface area contributed by atoms with Gasteiger partial charge in [-0.05, 0) is 35.0 Å². The van der Waals surface area contributed by atoms with Gasteiger partial charge in [-0.2, -0.15) is 0 Å². The van der Waals surface area contributed by atoms with Crippen LogP contribution >= 0.6 is 15.9 Å². The van der Waals surface area contributed by atoms with E-state index in [2.05, 4.69) is 26.2 Å². The molecule has 0 radical (unpaired) electrons. The Kier molecular flexibility index (Phi) is 3.41. The highest BCUT2D eigenvalue weighted by Crippen LogP contribution is 2.42. The Balaban J connectivity index is 2.11. The summed E-state index contributed by atoms with van der Waals surface area (Å²) in [6.07, 6.45) is 1.93. The molecule has 4 nitrogen and oxygen atoms in total. The number of hydrogen-bond acceptors (Lipinski definition) is 3. The van der Waals surface area contributed by atoms with Gasteiger partial charge < -0.3 is 10.1 Å². The minimum Gasteiger partial charge on any atom is -0.438 e. The van der Waals surface area contributed by atoms with E-state index in [0.29, 0.717) is 5.56 Å². The van der Waals surface area contributed by atoms with Crippen LogP contribution in [0.1, 0.15) is 24.2 Å². The maximum Gasteiger partial charge on any atom is 0.408 e. The van der Waals surface area contributed by atoms with Crippen LogP contribution in [0.3, 0.4) is 0 Å². The van der Waals surface area contributed by atoms with Crippen LogP contribution in [-0.4, -0.2) is 11.1 Å². The van der Waals surface area contributed by atoms with E-state index in [1.807, 2.05) is 6.07 Å². The molecule has 1 unspecified atom stereocenters. The van der Waals surface area contributed by atoms with Crippen molar-refractivity contribution in [1.82, 2.24) is 10.3 Å². The maximum atomic E-state index is 14.1. The van der Waals surface area contributed by atoms with Gasteiger partial charge >= 0.3 is 6.09 Å². The molecule has 0 saturated carbocycles. The molecule has 2 heterocycles. The fourth-order valence-electron chi connectivity index (χ4n) is 2.51. The molecule has 6 heteroatoms. The van der Waals surface area contributed by atoms with Crippen molar-refractivity contribution >= 4 is 22.0 Å². The van der Waals surface area contributed by atoms with Gasteiger partial charge in [-0.1, -0.05) is 18.2 Å². The predicted octanol–water partition coefficient (Wildman–Crippen LogP) is 3.68. The van der Waals surface area contributed by atoms with Crippen molar-refractivity contribution in [3.63, 3.8) is 0 Å². The molecular formula is C15H12BrFN2O2. The first kappa shape index (κ1) is 14.0. The SMILES string of the molecule is C[C@]1(c2cncc(Br)c2)NC(=O)OC1c1ccccc1F. The summed E-state index contributed by atoms with van der Waals surface area (Å²) in [5.41, 5.74) is 0.171. The number of nitrogens with one attached hydrogen (secondary N) is 1. The van der Waals surface area contributed by atoms with Crippen LogP contribution in [0.2, 0.25) is 0 Å². The molecular weight excluding hydrogens is 339 g/mol. The monoisotopic (exact) mass is 350 g/mol. The molecule has 1 aliphatic rings. The van der Waals surface area contributed by atoms with E-state index in [-0.39, 0.29) is 0 Å². The number of nitrogens with zero attached hydrogens (tertiary/aromatic N) is 1. The third-order valence-corrected chi connectivity index (χ3v) is 4.04. The zero-order chi connectivity index (χ0) is 15.0. The number of halogens is 2. The summed E-state index contributed by atoms with van der Waals surface area (Å²) in [5.74, 6) is -0.409. The van der Waals surface area contributed by atoms with Gasteiger partial charge in [-0.15, -0.1) is 0 Å². The van der Waals surface area contributed by atoms with Gasteiger partial charge in [0.25, 0.3) is 0 Å². The number of pyridine rings is 1. The van der Waals surface area contributed by atoms with E-state index in [1.165, 1.54) is 6.07 Å². The molecule has 108 valence electrons. The summed E-state index contributed by atoms with van der Waals surface area (Å²) < 4.78 is 20.1. The van der Waals surface area contributed by atoms with Crippen molar-refractivity contribution in [1.29, 1.82) is 0 Å². The number of rotatable bonds is 2. The van der Waals surface area contributed by atoms with Crippen LogP contribution in [0.15, 0.2) is 47.2 Å². The van der Waals surface area contributed by atoms with Crippen LogP contribution in [0.25, 0.3) is 0 Å². The standard InChI is InChI=1S/C15H12BrFN2O2/c1-15(9-6-10(16)8-18-7-9)13(21-14(20)19-15)11-4-2-3-5-12(11)17/h2-8,13H,1H3,(H,19,20)/t13?,15-/m1/s1. The van der Waals surface area contributed by atoms with E-state index in [0.717, 1.165) is 10.0 Å². The van der Waals surface area contributed by atoms with E-state index < -0.39 is 23.6 Å². The first-order valence-electron chi connectivity index (χ1n) is 6.35. The zero-order valence-electron chi connectivity index (χ0n) is 11.1. The quantitative estimate of drug-likeness (QED) is 0.898. The van der Waals surface area contributed by atoms with Gasteiger partial charge in [0.15, 0.2) is 6.10 Å². The lowest BCUT2D eigenvalue weighted by atomic mass is 9.84. The number of alkyl carbamates (subject to hydrolysis) is 1. The molecule has 0 bridgehead atoms. The average molecular weight is 351 g/mol. The maximum absolute atomic E-state index is 14.1. The zero-order valence-corrected chi connectivity index (χ0v) is 12.7. The number of aromatic nitrogens is 1. The van der Waals surface area contributed by atoms with E-state index in [9.17, 15) is 9.18 Å². The molecule has 21 heavy (non-hydrogen) atoms. The molecule has 2 aromatic rings. The number of amides is 1. The lowest BCUT2D eigenvalue weighted by Crippen LogP contribution is -2.39. The molecule has 1 N–H and O–H groups in total. The number of cyclic esters (lactones) is 1. The van der Waals surface area contributed by atoms with Crippen LogP contribution < -0.4 is 5.32 Å². The molecule has 1 amide bonds. The molecule has 0 aliphatic carbocycles. The van der Waals surface area contributed by atoms with E-state index in [1.54, 1.807) is 37.5 Å². The summed E-state index contributed by atoms with van der Waals surface area (Å²) in [5, 5.41) is 2.76. The van der Waals surface area contributed by atoms with Crippen LogP contribution in [0.5, 0.6) is 0 Å². The fourth-order valence-corrected chi connectivity index (χ4v) is 2.88. The lowest BCUT2D eigenvalue weighted by Gasteiger charge is -2.29. The largest absolute Gasteiger partial charge is 0.438 e. The minimum atomic E-state index is -0.893. The molecule has 1 aromatic heterocycles. The summed E-state index contributed by atoms with van der Waals surface area (Å²) in [6, 6.07) is 8.10. The molecule has 3 rings (SSSR count).